The molecule has 0 saturated carbocycles. The number of rotatable bonds is 8. The summed E-state index contributed by atoms with van der Waals surface area (Å²) in [5.41, 5.74) is 5.82. The number of hydrogen-bond acceptors (Lipinski definition) is 6. The normalized spacial score (nSPS) is 10.6. The fourth-order valence-electron chi connectivity index (χ4n) is 2.68. The van der Waals surface area contributed by atoms with Crippen LogP contribution in [0.1, 0.15) is 27.0 Å². The van der Waals surface area contributed by atoms with Crippen LogP contribution in [0.3, 0.4) is 0 Å². The fraction of sp³-hybridized carbons (Fsp3) is 0.160. The Bertz CT molecular complexity index is 1110. The molecule has 0 saturated heterocycles. The summed E-state index contributed by atoms with van der Waals surface area (Å²) < 4.78 is 15.9. The average molecular weight is 432 g/mol. The SMILES string of the molecule is COc1ccc(C(=O)Oc2ccc(/C=N/NC(=O)COc3ccc(C)c(C)c3)cc2)cc1. The summed E-state index contributed by atoms with van der Waals surface area (Å²) in [6, 6.07) is 19.0. The van der Waals surface area contributed by atoms with Crippen molar-refractivity contribution in [3.63, 3.8) is 0 Å². The third-order valence-corrected chi connectivity index (χ3v) is 4.67. The number of hydrazone groups is 1. The highest BCUT2D eigenvalue weighted by Gasteiger charge is 2.08. The molecule has 0 aliphatic heterocycles. The van der Waals surface area contributed by atoms with Crippen molar-refractivity contribution in [1.29, 1.82) is 0 Å². The van der Waals surface area contributed by atoms with Crippen molar-refractivity contribution in [2.24, 2.45) is 5.10 Å². The van der Waals surface area contributed by atoms with Crippen molar-refractivity contribution in [3.05, 3.63) is 89.0 Å². The highest BCUT2D eigenvalue weighted by atomic mass is 16.5. The Morgan fingerprint density at radius 1 is 0.875 bits per heavy atom. The van der Waals surface area contributed by atoms with Crippen molar-refractivity contribution >= 4 is 18.1 Å². The van der Waals surface area contributed by atoms with Crippen molar-refractivity contribution in [2.45, 2.75) is 13.8 Å². The van der Waals surface area contributed by atoms with Gasteiger partial charge in [-0.25, -0.2) is 10.2 Å². The highest BCUT2D eigenvalue weighted by molar-refractivity contribution is 5.91. The fourth-order valence-corrected chi connectivity index (χ4v) is 2.68. The van der Waals surface area contributed by atoms with Gasteiger partial charge in [0.15, 0.2) is 6.61 Å². The van der Waals surface area contributed by atoms with Crippen LogP contribution in [0.15, 0.2) is 71.8 Å². The van der Waals surface area contributed by atoms with Crippen molar-refractivity contribution in [2.75, 3.05) is 13.7 Å². The number of esters is 1. The Morgan fingerprint density at radius 3 is 2.19 bits per heavy atom. The molecule has 0 radical (unpaired) electrons. The first-order valence-electron chi connectivity index (χ1n) is 9.93. The van der Waals surface area contributed by atoms with Crippen LogP contribution in [0.5, 0.6) is 17.2 Å². The second-order valence-electron chi connectivity index (χ2n) is 7.01. The minimum atomic E-state index is -0.467. The van der Waals surface area contributed by atoms with E-state index < -0.39 is 5.97 Å². The van der Waals surface area contributed by atoms with E-state index in [9.17, 15) is 9.59 Å². The number of aryl methyl sites for hydroxylation is 2. The van der Waals surface area contributed by atoms with Crippen molar-refractivity contribution < 1.29 is 23.8 Å². The van der Waals surface area contributed by atoms with Gasteiger partial charge in [-0.05, 0) is 91.2 Å². The number of nitrogens with zero attached hydrogens (tertiary/aromatic N) is 1. The van der Waals surface area contributed by atoms with E-state index in [1.54, 1.807) is 55.6 Å². The van der Waals surface area contributed by atoms with Gasteiger partial charge in [-0.1, -0.05) is 6.07 Å². The Labute approximate surface area is 186 Å². The van der Waals surface area contributed by atoms with Crippen LogP contribution in [-0.2, 0) is 4.79 Å². The molecule has 0 heterocycles. The second kappa shape index (κ2) is 10.8. The van der Waals surface area contributed by atoms with Gasteiger partial charge in [-0.15, -0.1) is 0 Å². The molecule has 0 bridgehead atoms. The van der Waals surface area contributed by atoms with Crippen LogP contribution in [0, 0.1) is 13.8 Å². The van der Waals surface area contributed by atoms with Crippen LogP contribution in [0.2, 0.25) is 0 Å². The maximum absolute atomic E-state index is 12.2. The smallest absolute Gasteiger partial charge is 0.343 e. The van der Waals surface area contributed by atoms with Gasteiger partial charge in [0.25, 0.3) is 5.91 Å². The number of carbonyl (C=O) groups excluding carboxylic acids is 2. The van der Waals surface area contributed by atoms with E-state index in [0.29, 0.717) is 22.8 Å². The van der Waals surface area contributed by atoms with E-state index in [1.165, 1.54) is 6.21 Å². The van der Waals surface area contributed by atoms with E-state index in [0.717, 1.165) is 16.7 Å². The summed E-state index contributed by atoms with van der Waals surface area (Å²) in [7, 11) is 1.56. The van der Waals surface area contributed by atoms with Crippen LogP contribution in [0.4, 0.5) is 0 Å². The molecule has 3 rings (SSSR count). The Morgan fingerprint density at radius 2 is 1.53 bits per heavy atom. The largest absolute Gasteiger partial charge is 0.497 e. The Hall–Kier alpha value is -4.13. The third-order valence-electron chi connectivity index (χ3n) is 4.67. The average Bonchev–Trinajstić information content (AvgIpc) is 2.81. The number of carbonyl (C=O) groups is 2. The first-order chi connectivity index (χ1) is 15.4. The predicted molar refractivity (Wildman–Crippen MR) is 122 cm³/mol. The van der Waals surface area contributed by atoms with Crippen molar-refractivity contribution in [3.8, 4) is 17.2 Å². The first-order valence-corrected chi connectivity index (χ1v) is 9.93. The van der Waals surface area contributed by atoms with Gasteiger partial charge in [0.1, 0.15) is 17.2 Å². The van der Waals surface area contributed by atoms with Gasteiger partial charge in [0.2, 0.25) is 0 Å². The molecule has 164 valence electrons. The molecule has 0 atom stereocenters. The van der Waals surface area contributed by atoms with Gasteiger partial charge in [-0.2, -0.15) is 5.10 Å². The molecule has 0 fully saturated rings. The minimum absolute atomic E-state index is 0.139. The van der Waals surface area contributed by atoms with Crippen molar-refractivity contribution in [1.82, 2.24) is 5.43 Å². The van der Waals surface area contributed by atoms with Crippen LogP contribution in [-0.4, -0.2) is 31.8 Å². The number of benzene rings is 3. The van der Waals surface area contributed by atoms with Gasteiger partial charge < -0.3 is 14.2 Å². The summed E-state index contributed by atoms with van der Waals surface area (Å²) in [6.07, 6.45) is 1.49. The molecule has 3 aromatic rings. The topological polar surface area (TPSA) is 86.2 Å². The minimum Gasteiger partial charge on any atom is -0.497 e. The summed E-state index contributed by atoms with van der Waals surface area (Å²) in [6.45, 7) is 3.86. The molecule has 1 N–H and O–H groups in total. The second-order valence-corrected chi connectivity index (χ2v) is 7.01. The lowest BCUT2D eigenvalue weighted by molar-refractivity contribution is -0.123. The monoisotopic (exact) mass is 432 g/mol. The Kier molecular flexibility index (Phi) is 7.59. The molecule has 1 amide bonds. The molecule has 0 aromatic heterocycles. The lowest BCUT2D eigenvalue weighted by Crippen LogP contribution is -2.24. The van der Waals surface area contributed by atoms with E-state index in [4.69, 9.17) is 14.2 Å². The summed E-state index contributed by atoms with van der Waals surface area (Å²) >= 11 is 0. The summed E-state index contributed by atoms with van der Waals surface area (Å²) in [5.74, 6) is 0.851. The molecule has 32 heavy (non-hydrogen) atoms. The number of ether oxygens (including phenoxy) is 3. The number of amides is 1. The highest BCUT2D eigenvalue weighted by Crippen LogP contribution is 2.17. The van der Waals surface area contributed by atoms with Crippen LogP contribution >= 0.6 is 0 Å². The standard InChI is InChI=1S/C25H24N2O5/c1-17-4-9-23(14-18(17)2)31-16-24(28)27-26-15-19-5-10-22(11-6-19)32-25(29)20-7-12-21(30-3)13-8-20/h4-15H,16H2,1-3H3,(H,27,28)/b26-15+. The Balaban J connectivity index is 1.46. The van der Waals surface area contributed by atoms with Crippen LogP contribution in [0.25, 0.3) is 0 Å². The number of methoxy groups -OCH3 is 1. The zero-order chi connectivity index (χ0) is 22.9. The van der Waals surface area contributed by atoms with Gasteiger partial charge in [0, 0.05) is 0 Å². The van der Waals surface area contributed by atoms with Gasteiger partial charge in [0.05, 0.1) is 18.9 Å². The van der Waals surface area contributed by atoms with E-state index in [2.05, 4.69) is 10.5 Å². The van der Waals surface area contributed by atoms with E-state index in [1.807, 2.05) is 32.0 Å². The molecule has 7 heteroatoms. The maximum Gasteiger partial charge on any atom is 0.343 e. The number of hydrogen-bond donors (Lipinski definition) is 1. The molecular weight excluding hydrogens is 408 g/mol. The van der Waals surface area contributed by atoms with E-state index >= 15 is 0 Å². The zero-order valence-corrected chi connectivity index (χ0v) is 18.1. The maximum atomic E-state index is 12.2. The predicted octanol–water partition coefficient (Wildman–Crippen LogP) is 4.06. The quantitative estimate of drug-likeness (QED) is 0.251. The molecule has 0 spiro atoms. The molecule has 7 nitrogen and oxygen atoms in total. The third kappa shape index (κ3) is 6.43. The van der Waals surface area contributed by atoms with Crippen LogP contribution < -0.4 is 19.6 Å². The van der Waals surface area contributed by atoms with E-state index in [-0.39, 0.29) is 12.5 Å². The first kappa shape index (κ1) is 22.6. The molecule has 0 unspecified atom stereocenters. The zero-order valence-electron chi connectivity index (χ0n) is 18.1. The summed E-state index contributed by atoms with van der Waals surface area (Å²) in [4.78, 5) is 24.1. The van der Waals surface area contributed by atoms with Gasteiger partial charge >= 0.3 is 5.97 Å². The lowest BCUT2D eigenvalue weighted by atomic mass is 10.1. The lowest BCUT2D eigenvalue weighted by Gasteiger charge is -2.07. The molecule has 0 aliphatic carbocycles. The number of nitrogens with one attached hydrogen (secondary N) is 1. The molecule has 3 aromatic carbocycles. The summed E-state index contributed by atoms with van der Waals surface area (Å²) in [5, 5.41) is 3.92. The van der Waals surface area contributed by atoms with Gasteiger partial charge in [-0.3, -0.25) is 4.79 Å². The molecule has 0 aliphatic rings. The molecular formula is C25H24N2O5.